The lowest BCUT2D eigenvalue weighted by Gasteiger charge is -2.38. The first-order valence-electron chi connectivity index (χ1n) is 12.7. The smallest absolute Gasteiger partial charge is 0.263 e. The Morgan fingerprint density at radius 2 is 1.86 bits per heavy atom. The van der Waals surface area contributed by atoms with Crippen LogP contribution in [0.3, 0.4) is 0 Å². The van der Waals surface area contributed by atoms with Crippen molar-refractivity contribution >= 4 is 11.8 Å². The molecule has 1 aliphatic rings. The fourth-order valence-electron chi connectivity index (χ4n) is 4.79. The van der Waals surface area contributed by atoms with E-state index in [-0.39, 0.29) is 23.8 Å². The lowest BCUT2D eigenvalue weighted by molar-refractivity contribution is -0.137. The summed E-state index contributed by atoms with van der Waals surface area (Å²) in [4.78, 5) is 29.8. The Labute approximate surface area is 213 Å². The molecule has 190 valence electrons. The number of carbonyl (C=O) groups is 2. The number of furan rings is 1. The van der Waals surface area contributed by atoms with Gasteiger partial charge in [-0.15, -0.1) is 0 Å². The van der Waals surface area contributed by atoms with Gasteiger partial charge in [0, 0.05) is 20.0 Å². The summed E-state index contributed by atoms with van der Waals surface area (Å²) in [7, 11) is 1.74. The first kappa shape index (κ1) is 25.5. The molecule has 2 unspecified atom stereocenters. The lowest BCUT2D eigenvalue weighted by atomic mass is 9.87. The molecule has 0 fully saturated rings. The summed E-state index contributed by atoms with van der Waals surface area (Å²) in [5.41, 5.74) is 4.52. The average molecular weight is 489 g/mol. The summed E-state index contributed by atoms with van der Waals surface area (Å²) in [5.74, 6) is 1.66. The molecule has 2 amide bonds. The number of likely N-dealkylation sites (N-methyl/N-ethyl adjacent to an activating group) is 1. The van der Waals surface area contributed by atoms with E-state index < -0.39 is 6.10 Å². The zero-order valence-electron chi connectivity index (χ0n) is 21.9. The van der Waals surface area contributed by atoms with E-state index in [4.69, 9.17) is 9.15 Å². The summed E-state index contributed by atoms with van der Waals surface area (Å²) >= 11 is 0. The SMILES string of the molecule is Cc1ccc(C2c3cc(OC(C)C(=O)N(C)Cc4ccco4)ccc3CCN2C(=O)CC(C)C)cc1. The molecule has 2 aromatic carbocycles. The predicted octanol–water partition coefficient (Wildman–Crippen LogP) is 5.53. The molecule has 0 N–H and O–H groups in total. The molecule has 2 heterocycles. The Hall–Kier alpha value is -3.54. The predicted molar refractivity (Wildman–Crippen MR) is 140 cm³/mol. The fraction of sp³-hybridized carbons (Fsp3) is 0.400. The van der Waals surface area contributed by atoms with Crippen molar-refractivity contribution in [2.24, 2.45) is 5.92 Å². The second-order valence-electron chi connectivity index (χ2n) is 10.1. The van der Waals surface area contributed by atoms with E-state index in [1.54, 1.807) is 31.2 Å². The number of carbonyl (C=O) groups excluding carboxylic acids is 2. The normalized spacial score (nSPS) is 15.9. The van der Waals surface area contributed by atoms with Gasteiger partial charge in [-0.2, -0.15) is 0 Å². The highest BCUT2D eigenvalue weighted by molar-refractivity contribution is 5.80. The third kappa shape index (κ3) is 5.81. The number of nitrogens with zero attached hydrogens (tertiary/aromatic N) is 2. The van der Waals surface area contributed by atoms with Gasteiger partial charge < -0.3 is 19.0 Å². The zero-order valence-corrected chi connectivity index (χ0v) is 21.9. The van der Waals surface area contributed by atoms with Gasteiger partial charge in [0.1, 0.15) is 11.5 Å². The Morgan fingerprint density at radius 3 is 2.53 bits per heavy atom. The quantitative estimate of drug-likeness (QED) is 0.418. The van der Waals surface area contributed by atoms with E-state index in [0.717, 1.165) is 23.3 Å². The van der Waals surface area contributed by atoms with Gasteiger partial charge in [-0.25, -0.2) is 0 Å². The number of ether oxygens (including phenoxy) is 1. The molecule has 1 aromatic heterocycles. The summed E-state index contributed by atoms with van der Waals surface area (Å²) in [6, 6.07) is 17.9. The second-order valence-corrected chi connectivity index (χ2v) is 10.1. The highest BCUT2D eigenvalue weighted by Crippen LogP contribution is 2.38. The van der Waals surface area contributed by atoms with Crippen LogP contribution < -0.4 is 4.74 Å². The minimum atomic E-state index is -0.664. The van der Waals surface area contributed by atoms with Crippen LogP contribution >= 0.6 is 0 Å². The topological polar surface area (TPSA) is 63.0 Å². The fourth-order valence-corrected chi connectivity index (χ4v) is 4.79. The summed E-state index contributed by atoms with van der Waals surface area (Å²) in [6.45, 7) is 9.04. The molecule has 4 rings (SSSR count). The first-order chi connectivity index (χ1) is 17.2. The maximum Gasteiger partial charge on any atom is 0.263 e. The van der Waals surface area contributed by atoms with Crippen LogP contribution in [-0.4, -0.2) is 41.3 Å². The van der Waals surface area contributed by atoms with Crippen LogP contribution in [0.25, 0.3) is 0 Å². The summed E-state index contributed by atoms with van der Waals surface area (Å²) < 4.78 is 11.5. The van der Waals surface area contributed by atoms with Crippen LogP contribution in [-0.2, 0) is 22.6 Å². The Morgan fingerprint density at radius 1 is 1.11 bits per heavy atom. The first-order valence-corrected chi connectivity index (χ1v) is 12.7. The average Bonchev–Trinajstić information content (AvgIpc) is 3.36. The standard InChI is InChI=1S/C30H36N2O4/c1-20(2)17-28(33)32-15-14-23-12-13-25(18-27(23)29(32)24-10-8-21(3)9-11-24)36-22(4)30(34)31(5)19-26-7-6-16-35-26/h6-13,16,18,20,22,29H,14-15,17,19H2,1-5H3. The van der Waals surface area contributed by atoms with Crippen LogP contribution in [0.2, 0.25) is 0 Å². The molecule has 0 saturated carbocycles. The van der Waals surface area contributed by atoms with E-state index in [2.05, 4.69) is 51.1 Å². The van der Waals surface area contributed by atoms with Crippen LogP contribution in [0.4, 0.5) is 0 Å². The number of hydrogen-bond donors (Lipinski definition) is 0. The maximum atomic E-state index is 13.3. The number of amides is 2. The van der Waals surface area contributed by atoms with Crippen molar-refractivity contribution in [2.75, 3.05) is 13.6 Å². The molecular formula is C30H36N2O4. The van der Waals surface area contributed by atoms with Crippen molar-refractivity contribution in [1.29, 1.82) is 0 Å². The Bertz CT molecular complexity index is 1180. The molecule has 0 spiro atoms. The van der Waals surface area contributed by atoms with Gasteiger partial charge in [0.2, 0.25) is 5.91 Å². The number of rotatable bonds is 8. The minimum Gasteiger partial charge on any atom is -0.481 e. The highest BCUT2D eigenvalue weighted by Gasteiger charge is 2.33. The molecule has 36 heavy (non-hydrogen) atoms. The number of fused-ring (bicyclic) bond motifs is 1. The highest BCUT2D eigenvalue weighted by atomic mass is 16.5. The molecular weight excluding hydrogens is 452 g/mol. The van der Waals surface area contributed by atoms with Gasteiger partial charge in [0.05, 0.1) is 18.8 Å². The van der Waals surface area contributed by atoms with Crippen molar-refractivity contribution in [3.8, 4) is 5.75 Å². The molecule has 3 aromatic rings. The van der Waals surface area contributed by atoms with Crippen molar-refractivity contribution in [3.63, 3.8) is 0 Å². The monoisotopic (exact) mass is 488 g/mol. The van der Waals surface area contributed by atoms with Crippen molar-refractivity contribution < 1.29 is 18.7 Å². The molecule has 0 bridgehead atoms. The lowest BCUT2D eigenvalue weighted by Crippen LogP contribution is -2.41. The maximum absolute atomic E-state index is 13.3. The van der Waals surface area contributed by atoms with Crippen LogP contribution in [0, 0.1) is 12.8 Å². The van der Waals surface area contributed by atoms with E-state index in [1.807, 2.05) is 23.1 Å². The second kappa shape index (κ2) is 11.0. The molecule has 1 aliphatic heterocycles. The van der Waals surface area contributed by atoms with E-state index in [9.17, 15) is 9.59 Å². The van der Waals surface area contributed by atoms with Gasteiger partial charge in [0.15, 0.2) is 6.10 Å². The summed E-state index contributed by atoms with van der Waals surface area (Å²) in [6.07, 6.45) is 2.24. The third-order valence-corrected chi connectivity index (χ3v) is 6.65. The summed E-state index contributed by atoms with van der Waals surface area (Å²) in [5, 5.41) is 0. The van der Waals surface area contributed by atoms with Gasteiger partial charge in [-0.05, 0) is 67.1 Å². The van der Waals surface area contributed by atoms with E-state index >= 15 is 0 Å². The Kier molecular flexibility index (Phi) is 7.82. The van der Waals surface area contributed by atoms with Crippen LogP contribution in [0.1, 0.15) is 61.2 Å². The molecule has 0 saturated heterocycles. The van der Waals surface area contributed by atoms with Crippen LogP contribution in [0.15, 0.2) is 65.3 Å². The Balaban J connectivity index is 1.59. The van der Waals surface area contributed by atoms with Gasteiger partial charge in [-0.1, -0.05) is 49.7 Å². The van der Waals surface area contributed by atoms with E-state index in [0.29, 0.717) is 25.3 Å². The number of hydrogen-bond acceptors (Lipinski definition) is 4. The molecule has 0 radical (unpaired) electrons. The van der Waals surface area contributed by atoms with Crippen molar-refractivity contribution in [1.82, 2.24) is 9.80 Å². The van der Waals surface area contributed by atoms with Crippen molar-refractivity contribution in [2.45, 2.75) is 59.2 Å². The largest absolute Gasteiger partial charge is 0.481 e. The number of aryl methyl sites for hydroxylation is 1. The van der Waals surface area contributed by atoms with Crippen molar-refractivity contribution in [3.05, 3.63) is 88.9 Å². The molecule has 6 heteroatoms. The van der Waals surface area contributed by atoms with Gasteiger partial charge in [0.25, 0.3) is 5.91 Å². The van der Waals surface area contributed by atoms with E-state index in [1.165, 1.54) is 11.1 Å². The molecule has 0 aliphatic carbocycles. The zero-order chi connectivity index (χ0) is 25.8. The van der Waals surface area contributed by atoms with Gasteiger partial charge >= 0.3 is 0 Å². The third-order valence-electron chi connectivity index (χ3n) is 6.65. The van der Waals surface area contributed by atoms with Gasteiger partial charge in [-0.3, -0.25) is 9.59 Å². The molecule has 6 nitrogen and oxygen atoms in total. The number of benzene rings is 2. The minimum absolute atomic E-state index is 0.132. The van der Waals surface area contributed by atoms with Crippen LogP contribution in [0.5, 0.6) is 5.75 Å². The molecule has 2 atom stereocenters.